The molecule has 0 bridgehead atoms. The first-order chi connectivity index (χ1) is 13.4. The molecule has 6 nitrogen and oxygen atoms in total. The fraction of sp³-hybridized carbons (Fsp3) is 0.105. The van der Waals surface area contributed by atoms with Gasteiger partial charge in [0.2, 0.25) is 9.84 Å². The smallest absolute Gasteiger partial charge is 0.265 e. The quantitative estimate of drug-likeness (QED) is 0.613. The van der Waals surface area contributed by atoms with E-state index in [0.29, 0.717) is 22.2 Å². The summed E-state index contributed by atoms with van der Waals surface area (Å²) in [5, 5.41) is 2.99. The normalized spacial score (nSPS) is 11.1. The molecule has 0 saturated heterocycles. The molecule has 1 N–H and O–H groups in total. The zero-order chi connectivity index (χ0) is 20.3. The summed E-state index contributed by atoms with van der Waals surface area (Å²) >= 11 is 7.00. The topological polar surface area (TPSA) is 81.7 Å². The number of amides is 1. The van der Waals surface area contributed by atoms with Crippen molar-refractivity contribution in [2.45, 2.75) is 9.10 Å². The average molecular weight is 438 g/mol. The summed E-state index contributed by atoms with van der Waals surface area (Å²) in [4.78, 5) is 13.0. The van der Waals surface area contributed by atoms with Gasteiger partial charge in [0.05, 0.1) is 34.7 Å². The first kappa shape index (κ1) is 20.2. The summed E-state index contributed by atoms with van der Waals surface area (Å²) in [6, 6.07) is 14.0. The van der Waals surface area contributed by atoms with Gasteiger partial charge in [-0.15, -0.1) is 11.3 Å². The molecular formula is C19H16ClNO5S2. The Labute approximate surface area is 171 Å². The second-order valence-corrected chi connectivity index (χ2v) is 9.24. The van der Waals surface area contributed by atoms with Gasteiger partial charge in [0.15, 0.2) is 0 Å². The molecule has 0 saturated carbocycles. The molecule has 0 aliphatic carbocycles. The second-order valence-electron chi connectivity index (χ2n) is 5.58. The number of carbonyl (C=O) groups is 1. The van der Waals surface area contributed by atoms with Gasteiger partial charge in [0, 0.05) is 6.07 Å². The zero-order valence-electron chi connectivity index (χ0n) is 14.9. The first-order valence-electron chi connectivity index (χ1n) is 7.99. The third-order valence-corrected chi connectivity index (χ3v) is 7.49. The summed E-state index contributed by atoms with van der Waals surface area (Å²) in [5.74, 6) is 0.297. The van der Waals surface area contributed by atoms with Crippen molar-refractivity contribution in [3.63, 3.8) is 0 Å². The minimum absolute atomic E-state index is 0.0866. The van der Waals surface area contributed by atoms with Crippen molar-refractivity contribution in [1.82, 2.24) is 0 Å². The Morgan fingerprint density at radius 3 is 2.32 bits per heavy atom. The van der Waals surface area contributed by atoms with E-state index in [2.05, 4.69) is 5.32 Å². The molecule has 0 radical (unpaired) electrons. The first-order valence-corrected chi connectivity index (χ1v) is 10.7. The van der Waals surface area contributed by atoms with E-state index in [1.807, 2.05) is 0 Å². The third-order valence-electron chi connectivity index (χ3n) is 3.85. The Bertz CT molecular complexity index is 1110. The summed E-state index contributed by atoms with van der Waals surface area (Å²) < 4.78 is 35.8. The number of nitrogens with one attached hydrogen (secondary N) is 1. The molecule has 0 aliphatic heterocycles. The van der Waals surface area contributed by atoms with Crippen LogP contribution in [0.3, 0.4) is 0 Å². The fourth-order valence-corrected chi connectivity index (χ4v) is 5.31. The van der Waals surface area contributed by atoms with E-state index >= 15 is 0 Å². The maximum atomic E-state index is 12.7. The number of sulfone groups is 1. The van der Waals surface area contributed by atoms with Gasteiger partial charge in [-0.3, -0.25) is 4.79 Å². The molecule has 146 valence electrons. The maximum Gasteiger partial charge on any atom is 0.265 e. The lowest BCUT2D eigenvalue weighted by molar-refractivity contribution is 0.103. The number of methoxy groups -OCH3 is 2. The number of carbonyl (C=O) groups excluding carboxylic acids is 1. The highest BCUT2D eigenvalue weighted by atomic mass is 35.5. The molecule has 1 aromatic heterocycles. The molecule has 2 aromatic carbocycles. The van der Waals surface area contributed by atoms with Crippen molar-refractivity contribution >= 4 is 44.4 Å². The van der Waals surface area contributed by atoms with Crippen LogP contribution in [0.25, 0.3) is 0 Å². The lowest BCUT2D eigenvalue weighted by Gasteiger charge is -2.12. The van der Waals surface area contributed by atoms with E-state index in [-0.39, 0.29) is 14.0 Å². The van der Waals surface area contributed by atoms with Crippen LogP contribution in [0.2, 0.25) is 5.02 Å². The Hall–Kier alpha value is -2.55. The molecule has 0 unspecified atom stereocenters. The number of thiophene rings is 1. The lowest BCUT2D eigenvalue weighted by atomic mass is 10.2. The van der Waals surface area contributed by atoms with E-state index < -0.39 is 15.7 Å². The summed E-state index contributed by atoms with van der Waals surface area (Å²) in [5.41, 5.74) is 0.346. The highest BCUT2D eigenvalue weighted by molar-refractivity contribution is 7.93. The Kier molecular flexibility index (Phi) is 5.93. The number of halogens is 1. The Morgan fingerprint density at radius 2 is 1.68 bits per heavy atom. The molecule has 3 aromatic rings. The van der Waals surface area contributed by atoms with Gasteiger partial charge in [0.25, 0.3) is 5.91 Å². The summed E-state index contributed by atoms with van der Waals surface area (Å²) in [7, 11) is -0.753. The zero-order valence-corrected chi connectivity index (χ0v) is 17.3. The third kappa shape index (κ3) is 3.99. The number of hydrogen-bond acceptors (Lipinski definition) is 6. The van der Waals surface area contributed by atoms with E-state index in [4.69, 9.17) is 21.1 Å². The van der Waals surface area contributed by atoms with Crippen molar-refractivity contribution in [1.29, 1.82) is 0 Å². The van der Waals surface area contributed by atoms with E-state index in [9.17, 15) is 13.2 Å². The number of hydrogen-bond donors (Lipinski definition) is 1. The van der Waals surface area contributed by atoms with Gasteiger partial charge < -0.3 is 14.8 Å². The van der Waals surface area contributed by atoms with Gasteiger partial charge in [-0.05, 0) is 30.3 Å². The largest absolute Gasteiger partial charge is 0.495 e. The van der Waals surface area contributed by atoms with Crippen molar-refractivity contribution in [2.75, 3.05) is 19.5 Å². The van der Waals surface area contributed by atoms with Gasteiger partial charge >= 0.3 is 0 Å². The van der Waals surface area contributed by atoms with Crippen LogP contribution >= 0.6 is 22.9 Å². The molecule has 1 heterocycles. The minimum Gasteiger partial charge on any atom is -0.495 e. The SMILES string of the molecule is COc1cc(OC)c(NC(=O)c2ccc(S(=O)(=O)c3ccccc3)s2)cc1Cl. The lowest BCUT2D eigenvalue weighted by Crippen LogP contribution is -2.11. The van der Waals surface area contributed by atoms with Gasteiger partial charge in [-0.1, -0.05) is 29.8 Å². The number of anilines is 1. The molecule has 0 aliphatic rings. The molecule has 3 rings (SSSR count). The van der Waals surface area contributed by atoms with Crippen molar-refractivity contribution < 1.29 is 22.7 Å². The van der Waals surface area contributed by atoms with Crippen LogP contribution in [-0.4, -0.2) is 28.5 Å². The van der Waals surface area contributed by atoms with Crippen molar-refractivity contribution in [3.8, 4) is 11.5 Å². The van der Waals surface area contributed by atoms with Gasteiger partial charge in [-0.2, -0.15) is 0 Å². The van der Waals surface area contributed by atoms with E-state index in [1.54, 1.807) is 24.3 Å². The summed E-state index contributed by atoms with van der Waals surface area (Å²) in [6.45, 7) is 0. The predicted octanol–water partition coefficient (Wildman–Crippen LogP) is 4.50. The fourth-order valence-electron chi connectivity index (χ4n) is 2.44. The molecule has 0 spiro atoms. The van der Waals surface area contributed by atoms with Crippen LogP contribution in [-0.2, 0) is 9.84 Å². The standard InChI is InChI=1S/C19H16ClNO5S2/c1-25-15-11-16(26-2)14(10-13(15)20)21-19(22)17-8-9-18(27-17)28(23,24)12-6-4-3-5-7-12/h3-11H,1-2H3,(H,21,22). The highest BCUT2D eigenvalue weighted by Crippen LogP contribution is 2.36. The minimum atomic E-state index is -3.68. The Morgan fingerprint density at radius 1 is 1.00 bits per heavy atom. The highest BCUT2D eigenvalue weighted by Gasteiger charge is 2.22. The predicted molar refractivity (Wildman–Crippen MR) is 109 cm³/mol. The van der Waals surface area contributed by atoms with Crippen LogP contribution in [0.1, 0.15) is 9.67 Å². The van der Waals surface area contributed by atoms with Crippen LogP contribution in [0.4, 0.5) is 5.69 Å². The van der Waals surface area contributed by atoms with Crippen LogP contribution in [0.15, 0.2) is 63.7 Å². The Balaban J connectivity index is 1.87. The molecule has 0 atom stereocenters. The molecular weight excluding hydrogens is 422 g/mol. The second kappa shape index (κ2) is 8.22. The molecule has 1 amide bonds. The number of benzene rings is 2. The number of ether oxygens (including phenoxy) is 2. The van der Waals surface area contributed by atoms with Crippen molar-refractivity contribution in [2.24, 2.45) is 0 Å². The van der Waals surface area contributed by atoms with Crippen LogP contribution in [0, 0.1) is 0 Å². The maximum absolute atomic E-state index is 12.7. The summed E-state index contributed by atoms with van der Waals surface area (Å²) in [6.07, 6.45) is 0. The average Bonchev–Trinajstić information content (AvgIpc) is 3.20. The van der Waals surface area contributed by atoms with Gasteiger partial charge in [-0.25, -0.2) is 8.42 Å². The molecule has 28 heavy (non-hydrogen) atoms. The van der Waals surface area contributed by atoms with Crippen LogP contribution in [0.5, 0.6) is 11.5 Å². The monoisotopic (exact) mass is 437 g/mol. The number of rotatable bonds is 6. The molecule has 0 fully saturated rings. The van der Waals surface area contributed by atoms with E-state index in [0.717, 1.165) is 11.3 Å². The van der Waals surface area contributed by atoms with Gasteiger partial charge in [0.1, 0.15) is 15.7 Å². The van der Waals surface area contributed by atoms with Crippen LogP contribution < -0.4 is 14.8 Å². The van der Waals surface area contributed by atoms with Crippen molar-refractivity contribution in [3.05, 3.63) is 64.5 Å². The van der Waals surface area contributed by atoms with E-state index in [1.165, 1.54) is 44.6 Å². The molecule has 9 heteroatoms.